The van der Waals surface area contributed by atoms with E-state index in [0.717, 1.165) is 12.0 Å². The monoisotopic (exact) mass is 666 g/mol. The van der Waals surface area contributed by atoms with Crippen molar-refractivity contribution in [3.63, 3.8) is 0 Å². The normalized spacial score (nSPS) is 16.6. The zero-order chi connectivity index (χ0) is 34.0. The molecule has 0 radical (unpaired) electrons. The molecule has 10 nitrogen and oxygen atoms in total. The Balaban J connectivity index is 2.05. The number of carbonyl (C=O) groups excluding carboxylic acids is 2. The fourth-order valence-electron chi connectivity index (χ4n) is 4.44. The summed E-state index contributed by atoms with van der Waals surface area (Å²) in [5.41, 5.74) is -0.974. The Bertz CT molecular complexity index is 1330. The maximum absolute atomic E-state index is 13.8. The van der Waals surface area contributed by atoms with Gasteiger partial charge in [-0.25, -0.2) is 10.2 Å². The highest BCUT2D eigenvalue weighted by Gasteiger charge is 2.41. The standard InChI is InChI=1S/C33H52N2O8P2/c1-11-27(22-41-31(36)26(8)34-44(38,23(3)4)42-29-16-14-13-15-17-29)25(7)28-18-20-30(21-19-28)43-45(39,24(5)6)35-33(9,10)32(37)40-12-2/h13-21,23-27H,11-12,22H2,1-10H3,(H,34,38)(H,35,39)/t25?,26-,27?,44+,45?/m0/s1. The average Bonchev–Trinajstić information content (AvgIpc) is 2.97. The molecule has 0 aliphatic carbocycles. The molecule has 45 heavy (non-hydrogen) atoms. The van der Waals surface area contributed by atoms with Crippen molar-refractivity contribution in [2.45, 2.75) is 104 Å². The van der Waals surface area contributed by atoms with Crippen molar-refractivity contribution in [1.82, 2.24) is 10.2 Å². The summed E-state index contributed by atoms with van der Waals surface area (Å²) in [5, 5.41) is 5.81. The van der Waals surface area contributed by atoms with Crippen LogP contribution in [0.4, 0.5) is 0 Å². The van der Waals surface area contributed by atoms with E-state index < -0.39 is 44.2 Å². The Hall–Kier alpha value is -2.64. The Morgan fingerprint density at radius 2 is 1.31 bits per heavy atom. The summed E-state index contributed by atoms with van der Waals surface area (Å²) in [7, 11) is -6.89. The second kappa shape index (κ2) is 16.8. The van der Waals surface area contributed by atoms with Gasteiger partial charge in [0.1, 0.15) is 23.1 Å². The summed E-state index contributed by atoms with van der Waals surface area (Å²) in [4.78, 5) is 25.3. The fourth-order valence-corrected chi connectivity index (χ4v) is 7.90. The second-order valence-corrected chi connectivity index (χ2v) is 17.6. The van der Waals surface area contributed by atoms with Gasteiger partial charge in [-0.15, -0.1) is 0 Å². The van der Waals surface area contributed by atoms with Gasteiger partial charge in [0.15, 0.2) is 0 Å². The molecule has 0 saturated carbocycles. The summed E-state index contributed by atoms with van der Waals surface area (Å²) >= 11 is 0. The molecule has 0 fully saturated rings. The van der Waals surface area contributed by atoms with Gasteiger partial charge in [-0.3, -0.25) is 18.7 Å². The molecule has 0 amide bonds. The maximum Gasteiger partial charge on any atom is 0.326 e. The van der Waals surface area contributed by atoms with E-state index in [-0.39, 0.29) is 30.7 Å². The van der Waals surface area contributed by atoms with Crippen molar-refractivity contribution >= 4 is 27.0 Å². The number of para-hydroxylation sites is 1. The van der Waals surface area contributed by atoms with Crippen LogP contribution in [-0.4, -0.2) is 48.1 Å². The molecule has 2 rings (SSSR count). The van der Waals surface area contributed by atoms with Gasteiger partial charge >= 0.3 is 27.0 Å². The van der Waals surface area contributed by atoms with Crippen molar-refractivity contribution in [3.8, 4) is 11.5 Å². The zero-order valence-corrected chi connectivity index (χ0v) is 30.2. The molecule has 0 heterocycles. The highest BCUT2D eigenvalue weighted by atomic mass is 31.2. The number of rotatable bonds is 18. The molecule has 3 unspecified atom stereocenters. The molecule has 2 aromatic rings. The topological polar surface area (TPSA) is 129 Å². The molecule has 0 saturated heterocycles. The van der Waals surface area contributed by atoms with Gasteiger partial charge in [-0.05, 0) is 75.8 Å². The molecule has 2 aromatic carbocycles. The highest BCUT2D eigenvalue weighted by Crippen LogP contribution is 2.50. The first kappa shape index (κ1) is 38.5. The zero-order valence-electron chi connectivity index (χ0n) is 28.4. The third kappa shape index (κ3) is 11.0. The van der Waals surface area contributed by atoms with Gasteiger partial charge in [0.25, 0.3) is 0 Å². The van der Waals surface area contributed by atoms with Crippen molar-refractivity contribution in [1.29, 1.82) is 0 Å². The number of hydrogen-bond acceptors (Lipinski definition) is 8. The molecule has 0 aliphatic heterocycles. The second-order valence-electron chi connectivity index (χ2n) is 12.3. The van der Waals surface area contributed by atoms with Crippen LogP contribution < -0.4 is 19.2 Å². The largest absolute Gasteiger partial charge is 0.465 e. The SMILES string of the molecule is CCOC(=O)C(C)(C)NP(=O)(Oc1ccc(C(C)C(CC)COC(=O)[C@H](C)N[P@](=O)(Oc2ccccc2)C(C)C)cc1)C(C)C. The maximum atomic E-state index is 13.8. The average molecular weight is 667 g/mol. The Morgan fingerprint density at radius 1 is 0.778 bits per heavy atom. The van der Waals surface area contributed by atoms with E-state index in [9.17, 15) is 18.7 Å². The summed E-state index contributed by atoms with van der Waals surface area (Å²) in [6, 6.07) is 15.3. The molecule has 0 aromatic heterocycles. The molecule has 0 spiro atoms. The molecule has 0 bridgehead atoms. The molecular weight excluding hydrogens is 614 g/mol. The van der Waals surface area contributed by atoms with Crippen molar-refractivity contribution < 1.29 is 37.2 Å². The minimum atomic E-state index is -3.49. The number of hydrogen-bond donors (Lipinski definition) is 2. The van der Waals surface area contributed by atoms with E-state index in [1.54, 1.807) is 91.8 Å². The smallest absolute Gasteiger partial charge is 0.326 e. The van der Waals surface area contributed by atoms with Crippen LogP contribution in [0.15, 0.2) is 54.6 Å². The number of ether oxygens (including phenoxy) is 2. The quantitative estimate of drug-likeness (QED) is 0.120. The van der Waals surface area contributed by atoms with E-state index in [1.165, 1.54) is 0 Å². The van der Waals surface area contributed by atoms with Crippen LogP contribution in [-0.2, 0) is 28.2 Å². The lowest BCUT2D eigenvalue weighted by Gasteiger charge is -2.32. The van der Waals surface area contributed by atoms with Gasteiger partial charge in [-0.2, -0.15) is 0 Å². The Labute approximate surface area is 269 Å². The molecule has 0 aliphatic rings. The third-order valence-electron chi connectivity index (χ3n) is 7.61. The summed E-state index contributed by atoms with van der Waals surface area (Å²) in [5.74, 6) is -0.112. The third-order valence-corrected chi connectivity index (χ3v) is 12.9. The van der Waals surface area contributed by atoms with Crippen LogP contribution in [0.2, 0.25) is 0 Å². The van der Waals surface area contributed by atoms with E-state index in [0.29, 0.717) is 11.5 Å². The summed E-state index contributed by atoms with van der Waals surface area (Å²) in [6.07, 6.45) is 0.755. The lowest BCUT2D eigenvalue weighted by atomic mass is 9.86. The van der Waals surface area contributed by atoms with Crippen LogP contribution in [0.5, 0.6) is 11.5 Å². The predicted octanol–water partition coefficient (Wildman–Crippen LogP) is 7.93. The van der Waals surface area contributed by atoms with Crippen LogP contribution in [0.1, 0.15) is 87.1 Å². The number of benzene rings is 2. The van der Waals surface area contributed by atoms with Crippen LogP contribution in [0.3, 0.4) is 0 Å². The van der Waals surface area contributed by atoms with Gasteiger partial charge in [-0.1, -0.05) is 71.9 Å². The van der Waals surface area contributed by atoms with Crippen molar-refractivity contribution in [2.75, 3.05) is 13.2 Å². The lowest BCUT2D eigenvalue weighted by molar-refractivity contribution is -0.149. The van der Waals surface area contributed by atoms with Gasteiger partial charge in [0.05, 0.1) is 24.5 Å². The fraction of sp³-hybridized carbons (Fsp3) is 0.576. The molecule has 2 N–H and O–H groups in total. The van der Waals surface area contributed by atoms with Gasteiger partial charge < -0.3 is 18.5 Å². The van der Waals surface area contributed by atoms with E-state index in [4.69, 9.17) is 18.5 Å². The van der Waals surface area contributed by atoms with Crippen LogP contribution in [0, 0.1) is 5.92 Å². The lowest BCUT2D eigenvalue weighted by Crippen LogP contribution is -2.47. The minimum absolute atomic E-state index is 0.0131. The Morgan fingerprint density at radius 3 is 1.82 bits per heavy atom. The van der Waals surface area contributed by atoms with E-state index >= 15 is 0 Å². The first-order chi connectivity index (χ1) is 21.0. The van der Waals surface area contributed by atoms with Crippen molar-refractivity contribution in [2.24, 2.45) is 5.92 Å². The summed E-state index contributed by atoms with van der Waals surface area (Å²) in [6.45, 7) is 18.2. The molecule has 12 heteroatoms. The van der Waals surface area contributed by atoms with Gasteiger partial charge in [0.2, 0.25) is 0 Å². The van der Waals surface area contributed by atoms with Crippen LogP contribution in [0.25, 0.3) is 0 Å². The Kier molecular flexibility index (Phi) is 14.4. The first-order valence-electron chi connectivity index (χ1n) is 15.6. The van der Waals surface area contributed by atoms with Crippen molar-refractivity contribution in [3.05, 3.63) is 60.2 Å². The van der Waals surface area contributed by atoms with E-state index in [1.807, 2.05) is 25.1 Å². The molecule has 252 valence electrons. The predicted molar refractivity (Wildman–Crippen MR) is 179 cm³/mol. The first-order valence-corrected chi connectivity index (χ1v) is 19.0. The summed E-state index contributed by atoms with van der Waals surface area (Å²) < 4.78 is 49.9. The molecule has 5 atom stereocenters. The highest BCUT2D eigenvalue weighted by molar-refractivity contribution is 7.58. The number of esters is 2. The minimum Gasteiger partial charge on any atom is -0.465 e. The number of carbonyl (C=O) groups is 2. The van der Waals surface area contributed by atoms with Crippen LogP contribution >= 0.6 is 15.0 Å². The number of nitrogens with one attached hydrogen (secondary N) is 2. The molecular formula is C33H52N2O8P2. The van der Waals surface area contributed by atoms with Gasteiger partial charge in [0, 0.05) is 0 Å². The van der Waals surface area contributed by atoms with E-state index in [2.05, 4.69) is 17.1 Å².